The third-order valence-electron chi connectivity index (χ3n) is 2.24. The quantitative estimate of drug-likeness (QED) is 0.378. The molecule has 3 nitrogen and oxygen atoms in total. The number of rotatable bonds is 3. The molecule has 1 N–H and O–H groups in total. The zero-order chi connectivity index (χ0) is 12.0. The summed E-state index contributed by atoms with van der Waals surface area (Å²) in [5.41, 5.74) is 1.08. The lowest BCUT2D eigenvalue weighted by Crippen LogP contribution is -2.17. The number of hydrogen-bond acceptors (Lipinski definition) is 2. The predicted molar refractivity (Wildman–Crippen MR) is 66.3 cm³/mol. The third-order valence-corrected chi connectivity index (χ3v) is 2.49. The Morgan fingerprint density at radius 3 is 2.62 bits per heavy atom. The number of halogens is 1. The molecule has 0 spiro atoms. The van der Waals surface area contributed by atoms with E-state index in [-0.39, 0.29) is 6.04 Å². The van der Waals surface area contributed by atoms with Gasteiger partial charge in [-0.05, 0) is 24.6 Å². The summed E-state index contributed by atoms with van der Waals surface area (Å²) in [5, 5.41) is 11.8. The molecule has 0 heterocycles. The van der Waals surface area contributed by atoms with Gasteiger partial charge >= 0.3 is 0 Å². The van der Waals surface area contributed by atoms with Crippen LogP contribution >= 0.6 is 11.6 Å². The molecule has 0 fully saturated rings. The second-order valence-electron chi connectivity index (χ2n) is 3.39. The van der Waals surface area contributed by atoms with Crippen molar-refractivity contribution < 1.29 is 0 Å². The Morgan fingerprint density at radius 2 is 2.12 bits per heavy atom. The first-order valence-electron chi connectivity index (χ1n) is 5.14. The van der Waals surface area contributed by atoms with Crippen LogP contribution < -0.4 is 5.32 Å². The van der Waals surface area contributed by atoms with E-state index in [0.717, 1.165) is 5.56 Å². The smallest absolute Gasteiger partial charge is 0.182 e. The first-order valence-corrected chi connectivity index (χ1v) is 5.52. The van der Waals surface area contributed by atoms with Gasteiger partial charge in [0.25, 0.3) is 0 Å². The lowest BCUT2D eigenvalue weighted by atomic mass is 10.1. The summed E-state index contributed by atoms with van der Waals surface area (Å²) in [6.07, 6.45) is 2.60. The average Bonchev–Trinajstić information content (AvgIpc) is 2.29. The maximum Gasteiger partial charge on any atom is 0.182 e. The summed E-state index contributed by atoms with van der Waals surface area (Å²) in [5.74, 6) is 0.699. The van der Waals surface area contributed by atoms with Crippen LogP contribution in [0.2, 0.25) is 5.02 Å². The molecule has 0 radical (unpaired) electrons. The second kappa shape index (κ2) is 6.14. The number of amidine groups is 1. The molecule has 4 heteroatoms. The number of nitriles is 1. The highest BCUT2D eigenvalue weighted by Crippen LogP contribution is 2.19. The summed E-state index contributed by atoms with van der Waals surface area (Å²) in [7, 11) is 0. The number of nitrogens with one attached hydrogen (secondary N) is 1. The van der Waals surface area contributed by atoms with Gasteiger partial charge < -0.3 is 0 Å². The van der Waals surface area contributed by atoms with E-state index in [4.69, 9.17) is 16.9 Å². The molecule has 1 rings (SSSR count). The van der Waals surface area contributed by atoms with E-state index < -0.39 is 0 Å². The lowest BCUT2D eigenvalue weighted by Gasteiger charge is -2.09. The third kappa shape index (κ3) is 3.56. The van der Waals surface area contributed by atoms with Crippen LogP contribution in [0.15, 0.2) is 29.3 Å². The Hall–Kier alpha value is -1.53. The number of benzene rings is 1. The van der Waals surface area contributed by atoms with Gasteiger partial charge in [-0.2, -0.15) is 5.26 Å². The molecule has 0 aliphatic rings. The normalized spacial score (nSPS) is 13.0. The van der Waals surface area contributed by atoms with Crippen molar-refractivity contribution in [1.29, 1.82) is 5.26 Å². The molecule has 1 unspecified atom stereocenters. The zero-order valence-corrected chi connectivity index (χ0v) is 10.1. The highest BCUT2D eigenvalue weighted by molar-refractivity contribution is 6.30. The molecule has 0 aromatic heterocycles. The van der Waals surface area contributed by atoms with Crippen LogP contribution in [0, 0.1) is 11.5 Å². The Kier molecular flexibility index (Phi) is 4.81. The van der Waals surface area contributed by atoms with E-state index in [1.54, 1.807) is 0 Å². The highest BCUT2D eigenvalue weighted by Gasteiger charge is 2.04. The van der Waals surface area contributed by atoms with E-state index in [1.807, 2.05) is 44.3 Å². The van der Waals surface area contributed by atoms with Crippen LogP contribution in [-0.4, -0.2) is 5.84 Å². The first kappa shape index (κ1) is 12.5. The van der Waals surface area contributed by atoms with Crippen LogP contribution in [0.4, 0.5) is 0 Å². The standard InChI is InChI=1S/C12H14ClN3/c1-3-12(15-8-14)16-9(2)10-4-6-11(13)7-5-10/h4-7,9H,3H2,1-2H3,(H,15,16). The summed E-state index contributed by atoms with van der Waals surface area (Å²) in [6, 6.07) is 7.58. The van der Waals surface area contributed by atoms with Gasteiger partial charge in [-0.25, -0.2) is 0 Å². The molecular formula is C12H14ClN3. The Morgan fingerprint density at radius 1 is 1.50 bits per heavy atom. The minimum Gasteiger partial charge on any atom is -0.281 e. The van der Waals surface area contributed by atoms with E-state index in [1.165, 1.54) is 0 Å². The summed E-state index contributed by atoms with van der Waals surface area (Å²) >= 11 is 5.81. The topological polar surface area (TPSA) is 48.2 Å². The van der Waals surface area contributed by atoms with Crippen molar-refractivity contribution >= 4 is 17.4 Å². The van der Waals surface area contributed by atoms with E-state index in [2.05, 4.69) is 10.3 Å². The first-order chi connectivity index (χ1) is 7.67. The Bertz CT molecular complexity index is 403. The monoisotopic (exact) mass is 235 g/mol. The van der Waals surface area contributed by atoms with Crippen molar-refractivity contribution in [3.8, 4) is 6.19 Å². The van der Waals surface area contributed by atoms with Gasteiger partial charge in [-0.3, -0.25) is 10.3 Å². The molecule has 0 saturated carbocycles. The fourth-order valence-corrected chi connectivity index (χ4v) is 1.45. The SMILES string of the molecule is CCC(=NC(C)c1ccc(Cl)cc1)NC#N. The zero-order valence-electron chi connectivity index (χ0n) is 9.37. The summed E-state index contributed by atoms with van der Waals surface area (Å²) in [6.45, 7) is 3.94. The average molecular weight is 236 g/mol. The lowest BCUT2D eigenvalue weighted by molar-refractivity contribution is 0.807. The van der Waals surface area contributed by atoms with Gasteiger partial charge in [0, 0.05) is 11.4 Å². The van der Waals surface area contributed by atoms with E-state index >= 15 is 0 Å². The van der Waals surface area contributed by atoms with Crippen molar-refractivity contribution in [1.82, 2.24) is 5.32 Å². The van der Waals surface area contributed by atoms with Crippen LogP contribution in [0.5, 0.6) is 0 Å². The molecule has 16 heavy (non-hydrogen) atoms. The molecule has 0 aliphatic carbocycles. The van der Waals surface area contributed by atoms with Crippen molar-refractivity contribution in [2.75, 3.05) is 0 Å². The van der Waals surface area contributed by atoms with Gasteiger partial charge in [0.2, 0.25) is 0 Å². The van der Waals surface area contributed by atoms with Gasteiger partial charge in [0.05, 0.1) is 6.04 Å². The molecule has 0 bridgehead atoms. The van der Waals surface area contributed by atoms with Crippen molar-refractivity contribution in [2.24, 2.45) is 4.99 Å². The number of hydrogen-bond donors (Lipinski definition) is 1. The largest absolute Gasteiger partial charge is 0.281 e. The molecule has 1 aromatic carbocycles. The van der Waals surface area contributed by atoms with Gasteiger partial charge in [0.1, 0.15) is 5.84 Å². The Labute approximate surface area is 101 Å². The maximum atomic E-state index is 8.53. The molecular weight excluding hydrogens is 222 g/mol. The molecule has 0 saturated heterocycles. The van der Waals surface area contributed by atoms with E-state index in [9.17, 15) is 0 Å². The van der Waals surface area contributed by atoms with Crippen LogP contribution in [0.1, 0.15) is 31.9 Å². The number of aliphatic imine (C=N–C) groups is 1. The predicted octanol–water partition coefficient (Wildman–Crippen LogP) is 3.28. The van der Waals surface area contributed by atoms with Gasteiger partial charge in [-0.15, -0.1) is 0 Å². The number of nitrogens with zero attached hydrogens (tertiary/aromatic N) is 2. The fraction of sp³-hybridized carbons (Fsp3) is 0.333. The van der Waals surface area contributed by atoms with Crippen molar-refractivity contribution in [3.05, 3.63) is 34.9 Å². The summed E-state index contributed by atoms with van der Waals surface area (Å²) in [4.78, 5) is 4.42. The maximum absolute atomic E-state index is 8.53. The molecule has 84 valence electrons. The minimum absolute atomic E-state index is 0.0214. The van der Waals surface area contributed by atoms with Crippen LogP contribution in [0.3, 0.4) is 0 Å². The summed E-state index contributed by atoms with van der Waals surface area (Å²) < 4.78 is 0. The van der Waals surface area contributed by atoms with Crippen molar-refractivity contribution in [3.63, 3.8) is 0 Å². The molecule has 0 aliphatic heterocycles. The van der Waals surface area contributed by atoms with Gasteiger partial charge in [-0.1, -0.05) is 30.7 Å². The fourth-order valence-electron chi connectivity index (χ4n) is 1.33. The molecule has 1 atom stereocenters. The highest BCUT2D eigenvalue weighted by atomic mass is 35.5. The van der Waals surface area contributed by atoms with Crippen molar-refractivity contribution in [2.45, 2.75) is 26.3 Å². The Balaban J connectivity index is 2.81. The van der Waals surface area contributed by atoms with Crippen LogP contribution in [0.25, 0.3) is 0 Å². The van der Waals surface area contributed by atoms with E-state index in [0.29, 0.717) is 17.3 Å². The second-order valence-corrected chi connectivity index (χ2v) is 3.83. The molecule has 0 amide bonds. The minimum atomic E-state index is 0.0214. The molecule has 1 aromatic rings. The van der Waals surface area contributed by atoms with Gasteiger partial charge in [0.15, 0.2) is 6.19 Å². The van der Waals surface area contributed by atoms with Crippen LogP contribution in [-0.2, 0) is 0 Å².